The van der Waals surface area contributed by atoms with Crippen LogP contribution in [-0.4, -0.2) is 36.7 Å². The molecule has 0 saturated carbocycles. The molecule has 2 amide bonds. The second-order valence-corrected chi connectivity index (χ2v) is 7.22. The molecule has 0 aliphatic carbocycles. The summed E-state index contributed by atoms with van der Waals surface area (Å²) in [6, 6.07) is 7.80. The molecule has 0 heterocycles. The number of esters is 1. The highest BCUT2D eigenvalue weighted by atomic mass is 16.6. The van der Waals surface area contributed by atoms with Crippen molar-refractivity contribution in [1.82, 2.24) is 10.6 Å². The van der Waals surface area contributed by atoms with Crippen molar-refractivity contribution in [3.63, 3.8) is 0 Å². The molecule has 0 radical (unpaired) electrons. The van der Waals surface area contributed by atoms with E-state index >= 15 is 0 Å². The van der Waals surface area contributed by atoms with Crippen molar-refractivity contribution in [2.45, 2.75) is 59.1 Å². The van der Waals surface area contributed by atoms with Gasteiger partial charge in [0.15, 0.2) is 6.61 Å². The molecule has 0 saturated heterocycles. The lowest BCUT2D eigenvalue weighted by molar-refractivity contribution is -0.148. The van der Waals surface area contributed by atoms with E-state index < -0.39 is 17.7 Å². The van der Waals surface area contributed by atoms with Gasteiger partial charge in [-0.3, -0.25) is 9.59 Å². The number of hydrogen-bond acceptors (Lipinski definition) is 5. The predicted octanol–water partition coefficient (Wildman–Crippen LogP) is 2.88. The van der Waals surface area contributed by atoms with Gasteiger partial charge < -0.3 is 20.1 Å². The molecule has 1 aromatic carbocycles. The summed E-state index contributed by atoms with van der Waals surface area (Å²) in [5.74, 6) is -0.948. The van der Waals surface area contributed by atoms with Crippen molar-refractivity contribution in [3.8, 4) is 0 Å². The van der Waals surface area contributed by atoms with Gasteiger partial charge >= 0.3 is 12.1 Å². The van der Waals surface area contributed by atoms with E-state index in [9.17, 15) is 14.4 Å². The number of hydrogen-bond donors (Lipinski definition) is 2. The van der Waals surface area contributed by atoms with E-state index in [1.807, 2.05) is 31.2 Å². The van der Waals surface area contributed by atoms with Crippen molar-refractivity contribution in [1.29, 1.82) is 0 Å². The van der Waals surface area contributed by atoms with Gasteiger partial charge in [-0.2, -0.15) is 0 Å². The van der Waals surface area contributed by atoms with Crippen LogP contribution in [0, 0.1) is 0 Å². The lowest BCUT2D eigenvalue weighted by Crippen LogP contribution is -2.34. The van der Waals surface area contributed by atoms with Gasteiger partial charge in [0.25, 0.3) is 5.91 Å². The van der Waals surface area contributed by atoms with Gasteiger partial charge in [0.05, 0.1) is 12.5 Å². The number of benzene rings is 1. The normalized spacial score (nSPS) is 12.0. The van der Waals surface area contributed by atoms with Crippen molar-refractivity contribution in [3.05, 3.63) is 35.4 Å². The number of ether oxygens (including phenoxy) is 2. The van der Waals surface area contributed by atoms with Crippen molar-refractivity contribution in [2.75, 3.05) is 13.2 Å². The monoisotopic (exact) mass is 378 g/mol. The zero-order chi connectivity index (χ0) is 20.4. The Labute approximate surface area is 160 Å². The van der Waals surface area contributed by atoms with E-state index in [1.54, 1.807) is 20.8 Å². The Bertz CT molecular complexity index is 635. The Morgan fingerprint density at radius 1 is 1.11 bits per heavy atom. The smallest absolute Gasteiger partial charge is 0.407 e. The summed E-state index contributed by atoms with van der Waals surface area (Å²) in [6.45, 7) is 8.91. The summed E-state index contributed by atoms with van der Waals surface area (Å²) in [5.41, 5.74) is 1.61. The number of alkyl carbamates (subject to hydrolysis) is 1. The lowest BCUT2D eigenvalue weighted by Gasteiger charge is -2.19. The molecule has 27 heavy (non-hydrogen) atoms. The van der Waals surface area contributed by atoms with E-state index in [4.69, 9.17) is 9.47 Å². The number of carbonyl (C=O) groups is 3. The van der Waals surface area contributed by atoms with E-state index in [-0.39, 0.29) is 31.5 Å². The van der Waals surface area contributed by atoms with Crippen LogP contribution in [0.1, 0.15) is 58.2 Å². The van der Waals surface area contributed by atoms with Crippen LogP contribution in [0.4, 0.5) is 4.79 Å². The average molecular weight is 378 g/mol. The van der Waals surface area contributed by atoms with Gasteiger partial charge in [0, 0.05) is 6.54 Å². The molecule has 1 rings (SSSR count). The van der Waals surface area contributed by atoms with E-state index in [0.717, 1.165) is 12.0 Å². The molecule has 150 valence electrons. The summed E-state index contributed by atoms with van der Waals surface area (Å²) in [5, 5.41) is 5.24. The second kappa shape index (κ2) is 10.5. The molecular weight excluding hydrogens is 348 g/mol. The van der Waals surface area contributed by atoms with Crippen molar-refractivity contribution in [2.24, 2.45) is 0 Å². The third-order valence-corrected chi connectivity index (χ3v) is 3.63. The topological polar surface area (TPSA) is 93.7 Å². The summed E-state index contributed by atoms with van der Waals surface area (Å²) in [6.07, 6.45) is 0.316. The first kappa shape index (κ1) is 22.5. The van der Waals surface area contributed by atoms with Gasteiger partial charge in [0.2, 0.25) is 0 Å². The Morgan fingerprint density at radius 3 is 2.30 bits per heavy atom. The maximum absolute atomic E-state index is 11.9. The highest BCUT2D eigenvalue weighted by molar-refractivity contribution is 5.81. The largest absolute Gasteiger partial charge is 0.456 e. The SMILES string of the molecule is CCc1ccc(C(C)NC(=O)COC(=O)CCNC(=O)OC(C)(C)C)cc1. The van der Waals surface area contributed by atoms with E-state index in [0.29, 0.717) is 0 Å². The number of aryl methyl sites for hydroxylation is 1. The van der Waals surface area contributed by atoms with Crippen LogP contribution in [0.15, 0.2) is 24.3 Å². The third kappa shape index (κ3) is 9.63. The minimum atomic E-state index is -0.601. The fourth-order valence-electron chi connectivity index (χ4n) is 2.21. The Hall–Kier alpha value is -2.57. The van der Waals surface area contributed by atoms with Crippen LogP contribution in [-0.2, 0) is 25.5 Å². The van der Waals surface area contributed by atoms with Crippen LogP contribution in [0.3, 0.4) is 0 Å². The Kier molecular flexibility index (Phi) is 8.78. The highest BCUT2D eigenvalue weighted by Crippen LogP contribution is 2.13. The van der Waals surface area contributed by atoms with Gasteiger partial charge in [-0.25, -0.2) is 4.79 Å². The van der Waals surface area contributed by atoms with Crippen molar-refractivity contribution < 1.29 is 23.9 Å². The zero-order valence-corrected chi connectivity index (χ0v) is 16.8. The summed E-state index contributed by atoms with van der Waals surface area (Å²) in [7, 11) is 0. The molecule has 7 heteroatoms. The molecule has 1 unspecified atom stereocenters. The van der Waals surface area contributed by atoms with Crippen molar-refractivity contribution >= 4 is 18.0 Å². The van der Waals surface area contributed by atoms with Crippen LogP contribution in [0.25, 0.3) is 0 Å². The van der Waals surface area contributed by atoms with Crippen LogP contribution in [0.2, 0.25) is 0 Å². The van der Waals surface area contributed by atoms with Gasteiger partial charge in [-0.05, 0) is 45.2 Å². The summed E-state index contributed by atoms with van der Waals surface area (Å²) < 4.78 is 9.97. The highest BCUT2D eigenvalue weighted by Gasteiger charge is 2.16. The van der Waals surface area contributed by atoms with Crippen LogP contribution >= 0.6 is 0 Å². The maximum Gasteiger partial charge on any atom is 0.407 e. The molecule has 0 aromatic heterocycles. The Morgan fingerprint density at radius 2 is 1.74 bits per heavy atom. The Balaban J connectivity index is 2.26. The molecule has 0 aliphatic heterocycles. The molecule has 1 atom stereocenters. The minimum absolute atomic E-state index is 0.0411. The fraction of sp³-hybridized carbons (Fsp3) is 0.550. The molecule has 2 N–H and O–H groups in total. The van der Waals surface area contributed by atoms with Gasteiger partial charge in [-0.15, -0.1) is 0 Å². The molecule has 1 aromatic rings. The molecule has 7 nitrogen and oxygen atoms in total. The van der Waals surface area contributed by atoms with Crippen LogP contribution in [0.5, 0.6) is 0 Å². The number of carbonyl (C=O) groups excluding carboxylic acids is 3. The first-order valence-corrected chi connectivity index (χ1v) is 9.11. The van der Waals surface area contributed by atoms with E-state index in [2.05, 4.69) is 17.6 Å². The van der Waals surface area contributed by atoms with Gasteiger partial charge in [0.1, 0.15) is 5.60 Å². The maximum atomic E-state index is 11.9. The second-order valence-electron chi connectivity index (χ2n) is 7.22. The number of rotatable bonds is 8. The van der Waals surface area contributed by atoms with E-state index in [1.165, 1.54) is 5.56 Å². The molecular formula is C20H30N2O5. The quantitative estimate of drug-likeness (QED) is 0.679. The molecule has 0 fully saturated rings. The zero-order valence-electron chi connectivity index (χ0n) is 16.8. The first-order chi connectivity index (χ1) is 12.6. The van der Waals surface area contributed by atoms with Crippen LogP contribution < -0.4 is 10.6 Å². The molecule has 0 spiro atoms. The molecule has 0 aliphatic rings. The summed E-state index contributed by atoms with van der Waals surface area (Å²) in [4.78, 5) is 35.0. The summed E-state index contributed by atoms with van der Waals surface area (Å²) >= 11 is 0. The standard InChI is InChI=1S/C20H30N2O5/c1-6-15-7-9-16(10-8-15)14(2)22-17(23)13-26-18(24)11-12-21-19(25)27-20(3,4)5/h7-10,14H,6,11-13H2,1-5H3,(H,21,25)(H,22,23). The lowest BCUT2D eigenvalue weighted by atomic mass is 10.1. The first-order valence-electron chi connectivity index (χ1n) is 9.11. The minimum Gasteiger partial charge on any atom is -0.456 e. The molecule has 0 bridgehead atoms. The third-order valence-electron chi connectivity index (χ3n) is 3.63. The number of nitrogens with one attached hydrogen (secondary N) is 2. The number of amides is 2. The van der Waals surface area contributed by atoms with Gasteiger partial charge in [-0.1, -0.05) is 31.2 Å². The average Bonchev–Trinajstić information content (AvgIpc) is 2.58. The predicted molar refractivity (Wildman–Crippen MR) is 102 cm³/mol. The fourth-order valence-corrected chi connectivity index (χ4v) is 2.21.